The Labute approximate surface area is 250 Å². The van der Waals surface area contributed by atoms with Gasteiger partial charge < -0.3 is 15.1 Å². The van der Waals surface area contributed by atoms with Crippen LogP contribution >= 0.6 is 0 Å². The largest absolute Gasteiger partial charge is 0.354 e. The van der Waals surface area contributed by atoms with Crippen LogP contribution in [0, 0.1) is 11.6 Å². The number of hydrogen-bond donors (Lipinski definition) is 2. The Hall–Kier alpha value is -3.93. The van der Waals surface area contributed by atoms with Gasteiger partial charge in [0.05, 0.1) is 5.69 Å². The number of hydrogen-bond acceptors (Lipinski definition) is 7. The zero-order chi connectivity index (χ0) is 30.0. The van der Waals surface area contributed by atoms with E-state index < -0.39 is 26.6 Å². The molecule has 0 radical (unpaired) electrons. The summed E-state index contributed by atoms with van der Waals surface area (Å²) in [7, 11) is -2.06. The van der Waals surface area contributed by atoms with Gasteiger partial charge in [0.2, 0.25) is 5.95 Å². The van der Waals surface area contributed by atoms with Crippen molar-refractivity contribution in [1.82, 2.24) is 19.8 Å². The number of anilines is 2. The number of nitrogens with zero attached hydrogens (tertiary/aromatic N) is 4. The van der Waals surface area contributed by atoms with Crippen molar-refractivity contribution < 1.29 is 17.2 Å². The molecule has 8 nitrogen and oxygen atoms in total. The van der Waals surface area contributed by atoms with Gasteiger partial charge in [-0.2, -0.15) is 0 Å². The van der Waals surface area contributed by atoms with Crippen molar-refractivity contribution in [3.63, 3.8) is 0 Å². The van der Waals surface area contributed by atoms with E-state index in [4.69, 9.17) is 4.98 Å². The Morgan fingerprint density at radius 3 is 2.51 bits per heavy atom. The van der Waals surface area contributed by atoms with Crippen molar-refractivity contribution in [2.75, 3.05) is 56.4 Å². The Kier molecular flexibility index (Phi) is 8.38. The van der Waals surface area contributed by atoms with Gasteiger partial charge in [-0.25, -0.2) is 27.2 Å². The smallest absolute Gasteiger partial charge is 0.264 e. The van der Waals surface area contributed by atoms with E-state index in [2.05, 4.69) is 44.0 Å². The molecule has 11 heteroatoms. The number of halogens is 2. The van der Waals surface area contributed by atoms with Gasteiger partial charge >= 0.3 is 0 Å². The van der Waals surface area contributed by atoms with E-state index in [0.29, 0.717) is 18.4 Å². The first-order valence-corrected chi connectivity index (χ1v) is 15.9. The second-order valence-corrected chi connectivity index (χ2v) is 12.8. The van der Waals surface area contributed by atoms with E-state index in [1.165, 1.54) is 0 Å². The number of rotatable bonds is 9. The van der Waals surface area contributed by atoms with Crippen LogP contribution in [0.2, 0.25) is 0 Å². The summed E-state index contributed by atoms with van der Waals surface area (Å²) in [6, 6.07) is 17.6. The summed E-state index contributed by atoms with van der Waals surface area (Å²) < 4.78 is 55.2. The lowest BCUT2D eigenvalue weighted by molar-refractivity contribution is 0.154. The molecule has 1 aliphatic heterocycles. The number of aromatic nitrogens is 2. The molecule has 1 fully saturated rings. The average Bonchev–Trinajstić information content (AvgIpc) is 3.00. The number of piperazine rings is 1. The van der Waals surface area contributed by atoms with Gasteiger partial charge in [0.15, 0.2) is 0 Å². The summed E-state index contributed by atoms with van der Waals surface area (Å²) in [5.41, 5.74) is 5.44. The first-order chi connectivity index (χ1) is 20.8. The summed E-state index contributed by atoms with van der Waals surface area (Å²) in [5.74, 6) is -1.34. The van der Waals surface area contributed by atoms with Gasteiger partial charge in [0, 0.05) is 62.2 Å². The lowest BCUT2D eigenvalue weighted by Gasteiger charge is -2.32. The Morgan fingerprint density at radius 1 is 0.977 bits per heavy atom. The Bertz CT molecular complexity index is 1710. The third kappa shape index (κ3) is 6.53. The number of benzene rings is 3. The molecule has 2 aliphatic rings. The maximum atomic E-state index is 14.1. The number of fused-ring (bicyclic) bond motifs is 3. The van der Waals surface area contributed by atoms with Crippen LogP contribution in [-0.4, -0.2) is 74.5 Å². The zero-order valence-electron chi connectivity index (χ0n) is 23.9. The second-order valence-electron chi connectivity index (χ2n) is 11.1. The van der Waals surface area contributed by atoms with Gasteiger partial charge in [0.1, 0.15) is 16.5 Å². The van der Waals surface area contributed by atoms with Crippen LogP contribution in [0.4, 0.5) is 20.4 Å². The first-order valence-electron chi connectivity index (χ1n) is 14.4. The highest BCUT2D eigenvalue weighted by Crippen LogP contribution is 2.42. The Morgan fingerprint density at radius 2 is 1.74 bits per heavy atom. The molecule has 6 rings (SSSR count). The molecule has 0 amide bonds. The summed E-state index contributed by atoms with van der Waals surface area (Å²) in [6.45, 7) is 6.31. The Balaban J connectivity index is 1.14. The van der Waals surface area contributed by atoms with Crippen molar-refractivity contribution in [3.8, 4) is 11.3 Å². The highest BCUT2D eigenvalue weighted by atomic mass is 32.2. The fourth-order valence-corrected chi connectivity index (χ4v) is 6.90. The van der Waals surface area contributed by atoms with Crippen LogP contribution in [0.25, 0.3) is 11.3 Å². The van der Waals surface area contributed by atoms with Crippen molar-refractivity contribution in [2.24, 2.45) is 0 Å². The molecular formula is C32H34F2N6O2S. The van der Waals surface area contributed by atoms with Crippen molar-refractivity contribution in [3.05, 3.63) is 101 Å². The fraction of sp³-hybridized carbons (Fsp3) is 0.312. The van der Waals surface area contributed by atoms with E-state index >= 15 is 0 Å². The molecule has 1 aliphatic carbocycles. The molecule has 1 atom stereocenters. The van der Waals surface area contributed by atoms with E-state index in [9.17, 15) is 17.2 Å². The summed E-state index contributed by atoms with van der Waals surface area (Å²) in [4.78, 5) is 13.8. The van der Waals surface area contributed by atoms with Crippen LogP contribution < -0.4 is 10.0 Å². The van der Waals surface area contributed by atoms with E-state index in [1.54, 1.807) is 12.1 Å². The monoisotopic (exact) mass is 604 g/mol. The van der Waals surface area contributed by atoms with Gasteiger partial charge in [-0.3, -0.25) is 4.72 Å². The van der Waals surface area contributed by atoms with Crippen LogP contribution in [0.15, 0.2) is 77.8 Å². The standard InChI is InChI=1S/C32H34F2N6O2S/c1-39-15-17-40(18-16-39)14-4-13-35-32-36-21-23-19-28(26-5-2-3-6-27(26)31(23)37-32)22-7-10-25(11-8-22)38-43(41,42)30-12-9-24(33)20-29(30)34/h2-3,5-12,20-21,28,38H,4,13-19H2,1H3,(H,35,36,37). The molecule has 0 saturated carbocycles. The maximum Gasteiger partial charge on any atom is 0.264 e. The molecule has 3 aromatic carbocycles. The molecule has 0 bridgehead atoms. The van der Waals surface area contributed by atoms with Crippen LogP contribution in [0.1, 0.15) is 29.0 Å². The lowest BCUT2D eigenvalue weighted by Crippen LogP contribution is -2.44. The molecule has 1 saturated heterocycles. The van der Waals surface area contributed by atoms with Crippen LogP contribution in [-0.2, 0) is 16.4 Å². The van der Waals surface area contributed by atoms with E-state index in [0.717, 1.165) is 85.8 Å². The molecule has 1 aromatic heterocycles. The van der Waals surface area contributed by atoms with E-state index in [-0.39, 0.29) is 11.6 Å². The minimum absolute atomic E-state index is 0.0231. The fourth-order valence-electron chi connectivity index (χ4n) is 5.78. The summed E-state index contributed by atoms with van der Waals surface area (Å²) in [6.07, 6.45) is 3.61. The topological polar surface area (TPSA) is 90.5 Å². The molecule has 43 heavy (non-hydrogen) atoms. The quantitative estimate of drug-likeness (QED) is 0.261. The molecule has 1 unspecified atom stereocenters. The zero-order valence-corrected chi connectivity index (χ0v) is 24.7. The van der Waals surface area contributed by atoms with Gasteiger partial charge in [-0.05, 0) is 67.4 Å². The third-order valence-electron chi connectivity index (χ3n) is 8.16. The molecule has 2 N–H and O–H groups in total. The summed E-state index contributed by atoms with van der Waals surface area (Å²) in [5, 5.41) is 3.40. The first kappa shape index (κ1) is 29.2. The summed E-state index contributed by atoms with van der Waals surface area (Å²) >= 11 is 0. The average molecular weight is 605 g/mol. The van der Waals surface area contributed by atoms with Gasteiger partial charge in [-0.1, -0.05) is 36.4 Å². The molecule has 2 heterocycles. The van der Waals surface area contributed by atoms with Crippen molar-refractivity contribution in [2.45, 2.75) is 23.7 Å². The molecule has 224 valence electrons. The normalized spacial score (nSPS) is 17.2. The van der Waals surface area contributed by atoms with Crippen LogP contribution in [0.3, 0.4) is 0 Å². The van der Waals surface area contributed by atoms with Crippen LogP contribution in [0.5, 0.6) is 0 Å². The highest BCUT2D eigenvalue weighted by Gasteiger charge is 2.28. The minimum atomic E-state index is -4.23. The predicted octanol–water partition coefficient (Wildman–Crippen LogP) is 4.96. The van der Waals surface area contributed by atoms with Gasteiger partial charge in [0.25, 0.3) is 10.0 Å². The predicted molar refractivity (Wildman–Crippen MR) is 164 cm³/mol. The van der Waals surface area contributed by atoms with Crippen molar-refractivity contribution >= 4 is 21.7 Å². The van der Waals surface area contributed by atoms with Gasteiger partial charge in [-0.15, -0.1) is 0 Å². The maximum absolute atomic E-state index is 14.1. The molecular weight excluding hydrogens is 570 g/mol. The SMILES string of the molecule is CN1CCN(CCCNc2ncc3c(n2)-c2ccccc2C(c2ccc(NS(=O)(=O)c4ccc(F)cc4F)cc2)C3)CC1. The molecule has 4 aromatic rings. The molecule has 0 spiro atoms. The minimum Gasteiger partial charge on any atom is -0.354 e. The van der Waals surface area contributed by atoms with Crippen molar-refractivity contribution in [1.29, 1.82) is 0 Å². The number of likely N-dealkylation sites (N-methyl/N-ethyl adjacent to an activating group) is 1. The lowest BCUT2D eigenvalue weighted by atomic mass is 9.78. The number of sulfonamides is 1. The number of nitrogens with one attached hydrogen (secondary N) is 2. The second kappa shape index (κ2) is 12.4. The highest BCUT2D eigenvalue weighted by molar-refractivity contribution is 7.92. The van der Waals surface area contributed by atoms with E-state index in [1.807, 2.05) is 30.5 Å². The third-order valence-corrected chi connectivity index (χ3v) is 9.57.